The molecular formula is C23H28N4O5S. The van der Waals surface area contributed by atoms with Crippen molar-refractivity contribution in [3.05, 3.63) is 69.1 Å². The maximum absolute atomic E-state index is 13.0. The van der Waals surface area contributed by atoms with Crippen LogP contribution in [-0.2, 0) is 23.1 Å². The van der Waals surface area contributed by atoms with Gasteiger partial charge in [0, 0.05) is 38.8 Å². The van der Waals surface area contributed by atoms with E-state index in [9.17, 15) is 22.8 Å². The minimum Gasteiger partial charge on any atom is -0.348 e. The van der Waals surface area contributed by atoms with Gasteiger partial charge in [-0.25, -0.2) is 8.42 Å². The van der Waals surface area contributed by atoms with Crippen molar-refractivity contribution < 1.29 is 18.0 Å². The average Bonchev–Trinajstić information content (AvgIpc) is 3.24. The monoisotopic (exact) mass is 472 g/mol. The molecule has 2 aliphatic heterocycles. The van der Waals surface area contributed by atoms with Crippen LogP contribution >= 0.6 is 0 Å². The fourth-order valence-electron chi connectivity index (χ4n) is 4.48. The number of nitrogens with one attached hydrogen (secondary N) is 1. The predicted molar refractivity (Wildman–Crippen MR) is 124 cm³/mol. The van der Waals surface area contributed by atoms with Gasteiger partial charge in [-0.1, -0.05) is 29.8 Å². The van der Waals surface area contributed by atoms with E-state index in [1.54, 1.807) is 4.90 Å². The Morgan fingerprint density at radius 1 is 1.06 bits per heavy atom. The van der Waals surface area contributed by atoms with Crippen LogP contribution in [0.1, 0.15) is 44.8 Å². The molecule has 0 saturated carbocycles. The van der Waals surface area contributed by atoms with Crippen LogP contribution in [0.15, 0.2) is 41.2 Å². The van der Waals surface area contributed by atoms with E-state index in [0.29, 0.717) is 26.1 Å². The number of pyridine rings is 1. The summed E-state index contributed by atoms with van der Waals surface area (Å²) >= 11 is 0. The molecule has 1 fully saturated rings. The van der Waals surface area contributed by atoms with Gasteiger partial charge in [0.25, 0.3) is 17.4 Å². The lowest BCUT2D eigenvalue weighted by molar-refractivity contribution is 0.0668. The van der Waals surface area contributed by atoms with E-state index in [4.69, 9.17) is 0 Å². The highest BCUT2D eigenvalue weighted by atomic mass is 32.2. The number of rotatable bonds is 6. The molecule has 2 aliphatic rings. The normalized spacial score (nSPS) is 18.9. The Morgan fingerprint density at radius 2 is 1.79 bits per heavy atom. The van der Waals surface area contributed by atoms with Gasteiger partial charge in [-0.2, -0.15) is 4.31 Å². The summed E-state index contributed by atoms with van der Waals surface area (Å²) in [7, 11) is -3.33. The summed E-state index contributed by atoms with van der Waals surface area (Å²) in [5.41, 5.74) is 1.75. The van der Waals surface area contributed by atoms with Gasteiger partial charge in [-0.05, 0) is 37.5 Å². The second-order valence-corrected chi connectivity index (χ2v) is 10.6. The first kappa shape index (κ1) is 23.2. The first-order valence-corrected chi connectivity index (χ1v) is 12.8. The van der Waals surface area contributed by atoms with Gasteiger partial charge < -0.3 is 14.8 Å². The van der Waals surface area contributed by atoms with Crippen molar-refractivity contribution in [2.75, 3.05) is 25.9 Å². The standard InChI is InChI=1S/C23H28N4O5S/c1-16-5-7-17(8-6-16)14-24-21(28)19-9-10-20-23(30)25(12-13-26(20)22(19)29)15-18-4-3-11-27(18)33(2,31)32/h5-10,18H,3-4,11-15H2,1-2H3,(H,24,28)/t18-/m1/s1. The van der Waals surface area contributed by atoms with Crippen molar-refractivity contribution in [3.8, 4) is 0 Å². The lowest BCUT2D eigenvalue weighted by atomic mass is 10.1. The van der Waals surface area contributed by atoms with E-state index < -0.39 is 21.5 Å². The summed E-state index contributed by atoms with van der Waals surface area (Å²) in [5.74, 6) is -0.814. The minimum atomic E-state index is -3.33. The smallest absolute Gasteiger partial charge is 0.270 e. The molecule has 1 N–H and O–H groups in total. The van der Waals surface area contributed by atoms with Crippen LogP contribution < -0.4 is 10.9 Å². The fourth-order valence-corrected chi connectivity index (χ4v) is 5.66. The zero-order valence-corrected chi connectivity index (χ0v) is 19.6. The Labute approximate surface area is 193 Å². The Hall–Kier alpha value is -2.98. The van der Waals surface area contributed by atoms with Crippen LogP contribution in [0.2, 0.25) is 0 Å². The fraction of sp³-hybridized carbons (Fsp3) is 0.435. The minimum absolute atomic E-state index is 0.00819. The van der Waals surface area contributed by atoms with Crippen molar-refractivity contribution in [3.63, 3.8) is 0 Å². The van der Waals surface area contributed by atoms with Crippen LogP contribution in [0.5, 0.6) is 0 Å². The topological polar surface area (TPSA) is 109 Å². The quantitative estimate of drug-likeness (QED) is 0.674. The number of sulfonamides is 1. The van der Waals surface area contributed by atoms with Gasteiger partial charge in [-0.15, -0.1) is 0 Å². The third-order valence-electron chi connectivity index (χ3n) is 6.27. The highest BCUT2D eigenvalue weighted by molar-refractivity contribution is 7.88. The van der Waals surface area contributed by atoms with E-state index >= 15 is 0 Å². The number of carbonyl (C=O) groups excluding carboxylic acids is 2. The molecule has 9 nitrogen and oxygen atoms in total. The lowest BCUT2D eigenvalue weighted by Gasteiger charge is -2.33. The summed E-state index contributed by atoms with van der Waals surface area (Å²) in [6.45, 7) is 3.57. The molecule has 1 aromatic heterocycles. The lowest BCUT2D eigenvalue weighted by Crippen LogP contribution is -2.50. The number of carbonyl (C=O) groups is 2. The molecule has 3 heterocycles. The zero-order chi connectivity index (χ0) is 23.8. The maximum atomic E-state index is 13.0. The highest BCUT2D eigenvalue weighted by Crippen LogP contribution is 2.23. The van der Waals surface area contributed by atoms with E-state index in [2.05, 4.69) is 5.32 Å². The molecule has 0 spiro atoms. The molecule has 1 saturated heterocycles. The van der Waals surface area contributed by atoms with Crippen LogP contribution in [0, 0.1) is 6.92 Å². The number of hydrogen-bond acceptors (Lipinski definition) is 5. The zero-order valence-electron chi connectivity index (χ0n) is 18.8. The van der Waals surface area contributed by atoms with Crippen LogP contribution in [0.3, 0.4) is 0 Å². The molecule has 0 radical (unpaired) electrons. The van der Waals surface area contributed by atoms with Gasteiger partial charge >= 0.3 is 0 Å². The molecule has 0 bridgehead atoms. The van der Waals surface area contributed by atoms with E-state index in [1.807, 2.05) is 31.2 Å². The molecule has 176 valence electrons. The average molecular weight is 473 g/mol. The van der Waals surface area contributed by atoms with Crippen molar-refractivity contribution in [2.24, 2.45) is 0 Å². The van der Waals surface area contributed by atoms with Gasteiger partial charge in [-0.3, -0.25) is 14.4 Å². The summed E-state index contributed by atoms with van der Waals surface area (Å²) < 4.78 is 26.8. The Morgan fingerprint density at radius 3 is 2.48 bits per heavy atom. The van der Waals surface area contributed by atoms with Gasteiger partial charge in [0.05, 0.1) is 6.26 Å². The number of nitrogens with zero attached hydrogens (tertiary/aromatic N) is 3. The molecule has 33 heavy (non-hydrogen) atoms. The first-order valence-electron chi connectivity index (χ1n) is 11.0. The molecule has 0 unspecified atom stereocenters. The van der Waals surface area contributed by atoms with E-state index in [1.165, 1.54) is 27.3 Å². The Kier molecular flexibility index (Phi) is 6.40. The largest absolute Gasteiger partial charge is 0.348 e. The van der Waals surface area contributed by atoms with Crippen LogP contribution in [0.25, 0.3) is 0 Å². The van der Waals surface area contributed by atoms with E-state index in [0.717, 1.165) is 17.5 Å². The Balaban J connectivity index is 1.47. The predicted octanol–water partition coefficient (Wildman–Crippen LogP) is 0.967. The summed E-state index contributed by atoms with van der Waals surface area (Å²) in [6, 6.07) is 10.4. The molecule has 1 aromatic carbocycles. The second-order valence-electron chi connectivity index (χ2n) is 8.68. The first-order chi connectivity index (χ1) is 15.6. The van der Waals surface area contributed by atoms with Crippen LogP contribution in [-0.4, -0.2) is 65.9 Å². The van der Waals surface area contributed by atoms with Gasteiger partial charge in [0.1, 0.15) is 11.3 Å². The molecule has 10 heteroatoms. The van der Waals surface area contributed by atoms with Gasteiger partial charge in [0.2, 0.25) is 10.0 Å². The van der Waals surface area contributed by atoms with Crippen LogP contribution in [0.4, 0.5) is 0 Å². The second kappa shape index (κ2) is 9.11. The van der Waals surface area contributed by atoms with Crippen molar-refractivity contribution in [1.29, 1.82) is 0 Å². The number of amides is 2. The number of aromatic nitrogens is 1. The van der Waals surface area contributed by atoms with Crippen molar-refractivity contribution >= 4 is 21.8 Å². The molecule has 1 atom stereocenters. The number of benzene rings is 1. The van der Waals surface area contributed by atoms with E-state index in [-0.39, 0.29) is 36.3 Å². The SMILES string of the molecule is Cc1ccc(CNC(=O)c2ccc3n(c2=O)CCN(C[C@H]2CCCN2S(C)(=O)=O)C3=O)cc1. The molecule has 2 amide bonds. The summed E-state index contributed by atoms with van der Waals surface area (Å²) in [6.07, 6.45) is 2.64. The molecule has 4 rings (SSSR count). The number of fused-ring (bicyclic) bond motifs is 1. The summed E-state index contributed by atoms with van der Waals surface area (Å²) in [5, 5.41) is 2.76. The Bertz CT molecular complexity index is 1240. The maximum Gasteiger partial charge on any atom is 0.270 e. The molecule has 2 aromatic rings. The van der Waals surface area contributed by atoms with Gasteiger partial charge in [0.15, 0.2) is 0 Å². The third-order valence-corrected chi connectivity index (χ3v) is 7.61. The third kappa shape index (κ3) is 4.86. The molecule has 0 aliphatic carbocycles. The van der Waals surface area contributed by atoms with Crippen molar-refractivity contribution in [2.45, 2.75) is 38.9 Å². The summed E-state index contributed by atoms with van der Waals surface area (Å²) in [4.78, 5) is 40.2. The molecular weight excluding hydrogens is 444 g/mol. The number of aryl methyl sites for hydroxylation is 1. The van der Waals surface area contributed by atoms with Crippen molar-refractivity contribution in [1.82, 2.24) is 19.1 Å². The number of hydrogen-bond donors (Lipinski definition) is 1. The highest BCUT2D eigenvalue weighted by Gasteiger charge is 2.35.